The Morgan fingerprint density at radius 1 is 1.35 bits per heavy atom. The first-order valence-corrected chi connectivity index (χ1v) is 6.46. The first-order valence-electron chi connectivity index (χ1n) is 6.46. The smallest absolute Gasteiger partial charge is 0.265 e. The molecular weight excluding hydrogens is 216 g/mol. The lowest BCUT2D eigenvalue weighted by Gasteiger charge is -2.25. The summed E-state index contributed by atoms with van der Waals surface area (Å²) in [6.45, 7) is 2.97. The number of nitrogens with one attached hydrogen (secondary N) is 1. The fourth-order valence-electron chi connectivity index (χ4n) is 2.32. The van der Waals surface area contributed by atoms with E-state index in [0.717, 1.165) is 25.3 Å². The molecule has 1 aliphatic rings. The number of aromatic nitrogens is 2. The lowest BCUT2D eigenvalue weighted by Crippen LogP contribution is -2.29. The van der Waals surface area contributed by atoms with Crippen molar-refractivity contribution in [1.29, 1.82) is 0 Å². The molecule has 2 rings (SSSR count). The third kappa shape index (κ3) is 2.77. The molecule has 0 aromatic carbocycles. The highest BCUT2D eigenvalue weighted by molar-refractivity contribution is 5.25. The molecule has 1 N–H and O–H groups in total. The summed E-state index contributed by atoms with van der Waals surface area (Å²) in [6.07, 6.45) is 4.68. The Labute approximate surface area is 103 Å². The summed E-state index contributed by atoms with van der Waals surface area (Å²) in [5, 5.41) is 7.36. The summed E-state index contributed by atoms with van der Waals surface area (Å²) in [6, 6.07) is 0.659. The van der Waals surface area contributed by atoms with Crippen LogP contribution in [0.1, 0.15) is 44.4 Å². The fourth-order valence-corrected chi connectivity index (χ4v) is 2.32. The molecule has 17 heavy (non-hydrogen) atoms. The molecule has 96 valence electrons. The molecule has 0 atom stereocenters. The van der Waals surface area contributed by atoms with Crippen LogP contribution in [0.5, 0.6) is 0 Å². The van der Waals surface area contributed by atoms with Crippen molar-refractivity contribution < 1.29 is 4.52 Å². The lowest BCUT2D eigenvalue weighted by atomic mass is 9.86. The second-order valence-corrected chi connectivity index (χ2v) is 4.78. The van der Waals surface area contributed by atoms with Crippen LogP contribution < -0.4 is 10.2 Å². The molecular formula is C12H22N4O. The average Bonchev–Trinajstić information content (AvgIpc) is 2.87. The zero-order valence-corrected chi connectivity index (χ0v) is 10.9. The van der Waals surface area contributed by atoms with E-state index in [0.29, 0.717) is 17.9 Å². The Hall–Kier alpha value is -1.10. The van der Waals surface area contributed by atoms with Gasteiger partial charge in [-0.1, -0.05) is 0 Å². The van der Waals surface area contributed by atoms with Crippen LogP contribution in [0.2, 0.25) is 0 Å². The average molecular weight is 238 g/mol. The quantitative estimate of drug-likeness (QED) is 0.866. The molecule has 1 fully saturated rings. The molecule has 1 aromatic rings. The minimum atomic E-state index is 0.450. The summed E-state index contributed by atoms with van der Waals surface area (Å²) in [4.78, 5) is 6.48. The van der Waals surface area contributed by atoms with Crippen LogP contribution >= 0.6 is 0 Å². The number of rotatable bonds is 4. The van der Waals surface area contributed by atoms with Crippen molar-refractivity contribution in [3.8, 4) is 0 Å². The van der Waals surface area contributed by atoms with Gasteiger partial charge < -0.3 is 14.7 Å². The molecule has 0 unspecified atom stereocenters. The maximum atomic E-state index is 5.37. The van der Waals surface area contributed by atoms with Crippen LogP contribution in [0.3, 0.4) is 0 Å². The van der Waals surface area contributed by atoms with E-state index in [2.05, 4.69) is 22.4 Å². The Balaban J connectivity index is 1.97. The number of hydrogen-bond acceptors (Lipinski definition) is 5. The fraction of sp³-hybridized carbons (Fsp3) is 0.833. The van der Waals surface area contributed by atoms with Crippen molar-refractivity contribution in [1.82, 2.24) is 15.5 Å². The molecule has 5 heteroatoms. The predicted molar refractivity (Wildman–Crippen MR) is 67.3 cm³/mol. The Morgan fingerprint density at radius 2 is 2.06 bits per heavy atom. The molecule has 1 aliphatic carbocycles. The molecule has 1 saturated carbocycles. The van der Waals surface area contributed by atoms with Crippen molar-refractivity contribution in [3.05, 3.63) is 5.89 Å². The van der Waals surface area contributed by atoms with Crippen molar-refractivity contribution in [3.63, 3.8) is 0 Å². The second-order valence-electron chi connectivity index (χ2n) is 4.78. The first-order chi connectivity index (χ1) is 8.24. The highest BCUT2D eigenvalue weighted by Gasteiger charge is 2.26. The van der Waals surface area contributed by atoms with E-state index >= 15 is 0 Å². The van der Waals surface area contributed by atoms with Gasteiger partial charge in [0.1, 0.15) is 0 Å². The normalized spacial score (nSPS) is 24.9. The largest absolute Gasteiger partial charge is 0.342 e. The summed E-state index contributed by atoms with van der Waals surface area (Å²) in [5.41, 5.74) is 0. The van der Waals surface area contributed by atoms with Gasteiger partial charge in [-0.25, -0.2) is 0 Å². The van der Waals surface area contributed by atoms with Crippen LogP contribution in [0.25, 0.3) is 0 Å². The zero-order chi connectivity index (χ0) is 12.3. The SMILES string of the molecule is CCN(C)c1noc(C2CCC(NC)CC2)n1. The minimum Gasteiger partial charge on any atom is -0.342 e. The van der Waals surface area contributed by atoms with E-state index in [4.69, 9.17) is 4.52 Å². The van der Waals surface area contributed by atoms with E-state index in [1.165, 1.54) is 12.8 Å². The van der Waals surface area contributed by atoms with E-state index in [1.807, 2.05) is 19.0 Å². The molecule has 0 spiro atoms. The molecule has 1 aromatic heterocycles. The summed E-state index contributed by atoms with van der Waals surface area (Å²) >= 11 is 0. The second kappa shape index (κ2) is 5.49. The van der Waals surface area contributed by atoms with E-state index in [9.17, 15) is 0 Å². The monoisotopic (exact) mass is 238 g/mol. The molecule has 5 nitrogen and oxygen atoms in total. The van der Waals surface area contributed by atoms with Gasteiger partial charge in [-0.2, -0.15) is 4.98 Å². The van der Waals surface area contributed by atoms with E-state index < -0.39 is 0 Å². The molecule has 0 bridgehead atoms. The maximum Gasteiger partial charge on any atom is 0.265 e. The van der Waals surface area contributed by atoms with Gasteiger partial charge in [0.05, 0.1) is 0 Å². The first kappa shape index (κ1) is 12.4. The third-order valence-electron chi connectivity index (χ3n) is 3.73. The predicted octanol–water partition coefficient (Wildman–Crippen LogP) is 1.77. The van der Waals surface area contributed by atoms with Gasteiger partial charge >= 0.3 is 0 Å². The van der Waals surface area contributed by atoms with Crippen LogP contribution in [0, 0.1) is 0 Å². The highest BCUT2D eigenvalue weighted by Crippen LogP contribution is 2.32. The van der Waals surface area contributed by atoms with Crippen molar-refractivity contribution in [2.45, 2.75) is 44.6 Å². The lowest BCUT2D eigenvalue weighted by molar-refractivity contribution is 0.288. The van der Waals surface area contributed by atoms with Crippen molar-refractivity contribution in [2.75, 3.05) is 25.5 Å². The summed E-state index contributed by atoms with van der Waals surface area (Å²) in [5.74, 6) is 1.97. The zero-order valence-electron chi connectivity index (χ0n) is 10.9. The maximum absolute atomic E-state index is 5.37. The Kier molecular flexibility index (Phi) is 3.99. The molecule has 0 aliphatic heterocycles. The standard InChI is InChI=1S/C12H22N4O/c1-4-16(3)12-14-11(17-15-12)9-5-7-10(13-2)8-6-9/h9-10,13H,4-8H2,1-3H3. The topological polar surface area (TPSA) is 54.2 Å². The molecule has 1 heterocycles. The number of nitrogens with zero attached hydrogens (tertiary/aromatic N) is 3. The number of anilines is 1. The third-order valence-corrected chi connectivity index (χ3v) is 3.73. The van der Waals surface area contributed by atoms with Gasteiger partial charge in [0.25, 0.3) is 5.95 Å². The van der Waals surface area contributed by atoms with Gasteiger partial charge in [-0.05, 0) is 44.8 Å². The van der Waals surface area contributed by atoms with E-state index in [-0.39, 0.29) is 0 Å². The van der Waals surface area contributed by atoms with Gasteiger partial charge in [-0.3, -0.25) is 0 Å². The van der Waals surface area contributed by atoms with Crippen LogP contribution in [0.4, 0.5) is 5.95 Å². The Bertz CT molecular complexity index is 344. The molecule has 0 amide bonds. The summed E-state index contributed by atoms with van der Waals surface area (Å²) < 4.78 is 5.37. The van der Waals surface area contributed by atoms with Gasteiger partial charge in [0.15, 0.2) is 0 Å². The van der Waals surface area contributed by atoms with Gasteiger partial charge in [-0.15, -0.1) is 0 Å². The number of hydrogen-bond donors (Lipinski definition) is 1. The Morgan fingerprint density at radius 3 is 2.65 bits per heavy atom. The van der Waals surface area contributed by atoms with Crippen LogP contribution in [-0.4, -0.2) is 36.8 Å². The van der Waals surface area contributed by atoms with Gasteiger partial charge in [0, 0.05) is 25.6 Å². The van der Waals surface area contributed by atoms with Crippen LogP contribution in [0.15, 0.2) is 4.52 Å². The van der Waals surface area contributed by atoms with E-state index in [1.54, 1.807) is 0 Å². The van der Waals surface area contributed by atoms with Crippen molar-refractivity contribution >= 4 is 5.95 Å². The van der Waals surface area contributed by atoms with Crippen molar-refractivity contribution in [2.24, 2.45) is 0 Å². The highest BCUT2D eigenvalue weighted by atomic mass is 16.5. The van der Waals surface area contributed by atoms with Gasteiger partial charge in [0.2, 0.25) is 5.89 Å². The molecule has 0 radical (unpaired) electrons. The molecule has 0 saturated heterocycles. The van der Waals surface area contributed by atoms with Crippen LogP contribution in [-0.2, 0) is 0 Å². The summed E-state index contributed by atoms with van der Waals surface area (Å²) in [7, 11) is 4.01. The minimum absolute atomic E-state index is 0.450.